The Hall–Kier alpha value is -2.60. The summed E-state index contributed by atoms with van der Waals surface area (Å²) in [5.41, 5.74) is 8.62. The number of aromatic nitrogens is 1. The van der Waals surface area contributed by atoms with Gasteiger partial charge < -0.3 is 15.4 Å². The summed E-state index contributed by atoms with van der Waals surface area (Å²) in [4.78, 5) is 20.0. The van der Waals surface area contributed by atoms with E-state index < -0.39 is 5.91 Å². The minimum atomic E-state index is -0.464. The first kappa shape index (κ1) is 18.2. The third-order valence-corrected chi connectivity index (χ3v) is 4.52. The first-order valence-electron chi connectivity index (χ1n) is 9.00. The molecule has 1 aliphatic heterocycles. The largest absolute Gasteiger partial charge is 0.484 e. The fourth-order valence-electron chi connectivity index (χ4n) is 3.26. The highest BCUT2D eigenvalue weighted by Crippen LogP contribution is 2.19. The molecule has 6 nitrogen and oxygen atoms in total. The Labute approximate surface area is 154 Å². The van der Waals surface area contributed by atoms with Crippen LogP contribution < -0.4 is 15.4 Å². The molecule has 0 radical (unpaired) electrons. The van der Waals surface area contributed by atoms with Crippen molar-refractivity contribution in [2.24, 2.45) is 5.73 Å². The van der Waals surface area contributed by atoms with Crippen molar-refractivity contribution in [1.29, 1.82) is 0 Å². The van der Waals surface area contributed by atoms with E-state index in [0.29, 0.717) is 5.75 Å². The van der Waals surface area contributed by atoms with Gasteiger partial charge >= 0.3 is 0 Å². The first-order valence-corrected chi connectivity index (χ1v) is 9.00. The smallest absolute Gasteiger partial charge is 0.255 e. The zero-order valence-corrected chi connectivity index (χ0v) is 15.2. The number of hydrogen-bond donors (Lipinski definition) is 1. The average Bonchev–Trinajstić information content (AvgIpc) is 2.86. The highest BCUT2D eigenvalue weighted by Gasteiger charge is 2.16. The van der Waals surface area contributed by atoms with Crippen LogP contribution in [0.4, 0.5) is 5.69 Å². The predicted octanol–water partition coefficient (Wildman–Crippen LogP) is 1.97. The summed E-state index contributed by atoms with van der Waals surface area (Å²) in [6.45, 7) is 6.94. The quantitative estimate of drug-likeness (QED) is 0.859. The fraction of sp³-hybridized carbons (Fsp3) is 0.400. The highest BCUT2D eigenvalue weighted by molar-refractivity contribution is 5.75. The van der Waals surface area contributed by atoms with Gasteiger partial charge in [0.1, 0.15) is 5.75 Å². The van der Waals surface area contributed by atoms with Crippen molar-refractivity contribution < 1.29 is 9.53 Å². The molecule has 1 amide bonds. The number of anilines is 1. The second-order valence-electron chi connectivity index (χ2n) is 6.67. The summed E-state index contributed by atoms with van der Waals surface area (Å²) >= 11 is 0. The van der Waals surface area contributed by atoms with Crippen LogP contribution in [0.2, 0.25) is 0 Å². The van der Waals surface area contributed by atoms with Crippen molar-refractivity contribution in [3.8, 4) is 5.75 Å². The van der Waals surface area contributed by atoms with Crippen LogP contribution in [-0.4, -0.2) is 48.6 Å². The maximum Gasteiger partial charge on any atom is 0.255 e. The van der Waals surface area contributed by atoms with E-state index in [0.717, 1.165) is 44.8 Å². The van der Waals surface area contributed by atoms with Crippen LogP contribution in [-0.2, 0) is 11.3 Å². The Morgan fingerprint density at radius 1 is 1.19 bits per heavy atom. The molecule has 1 fully saturated rings. The van der Waals surface area contributed by atoms with Crippen LogP contribution in [0, 0.1) is 6.92 Å². The van der Waals surface area contributed by atoms with Crippen molar-refractivity contribution >= 4 is 11.6 Å². The van der Waals surface area contributed by atoms with E-state index >= 15 is 0 Å². The first-order chi connectivity index (χ1) is 12.6. The average molecular weight is 354 g/mol. The van der Waals surface area contributed by atoms with Crippen LogP contribution in [0.25, 0.3) is 0 Å². The van der Waals surface area contributed by atoms with Gasteiger partial charge in [-0.25, -0.2) is 0 Å². The maximum absolute atomic E-state index is 10.9. The van der Waals surface area contributed by atoms with Crippen molar-refractivity contribution in [1.82, 2.24) is 9.88 Å². The Kier molecular flexibility index (Phi) is 6.07. The minimum Gasteiger partial charge on any atom is -0.484 e. The van der Waals surface area contributed by atoms with Crippen LogP contribution in [0.5, 0.6) is 5.75 Å². The van der Waals surface area contributed by atoms with Crippen LogP contribution >= 0.6 is 0 Å². The summed E-state index contributed by atoms with van der Waals surface area (Å²) < 4.78 is 5.40. The van der Waals surface area contributed by atoms with Crippen LogP contribution in [0.3, 0.4) is 0 Å². The van der Waals surface area contributed by atoms with E-state index in [4.69, 9.17) is 10.5 Å². The number of ether oxygens (including phenoxy) is 1. The molecular formula is C20H26N4O2. The predicted molar refractivity (Wildman–Crippen MR) is 102 cm³/mol. The molecule has 2 aromatic rings. The number of primary amides is 1. The molecular weight excluding hydrogens is 328 g/mol. The summed E-state index contributed by atoms with van der Waals surface area (Å²) in [6, 6.07) is 12.1. The number of carbonyl (C=O) groups is 1. The van der Waals surface area contributed by atoms with Crippen molar-refractivity contribution in [2.75, 3.05) is 37.7 Å². The molecule has 1 aromatic heterocycles. The van der Waals surface area contributed by atoms with Gasteiger partial charge in [0, 0.05) is 50.3 Å². The topological polar surface area (TPSA) is 71.7 Å². The number of amides is 1. The molecule has 1 aromatic carbocycles. The second-order valence-corrected chi connectivity index (χ2v) is 6.67. The number of carbonyl (C=O) groups excluding carboxylic acids is 1. The van der Waals surface area contributed by atoms with Gasteiger partial charge in [-0.05, 0) is 43.2 Å². The van der Waals surface area contributed by atoms with E-state index in [1.165, 1.54) is 11.3 Å². The fourth-order valence-corrected chi connectivity index (χ4v) is 3.26. The molecule has 6 heteroatoms. The standard InChI is InChI=1S/C20H26N4O2/c1-16-12-18(6-7-22-16)24-9-3-8-23(10-11-24)14-17-4-2-5-19(13-17)26-15-20(21)25/h2,4-7,12-13H,3,8-11,14-15H2,1H3,(H2,21,25). The number of rotatable bonds is 6. The summed E-state index contributed by atoms with van der Waals surface area (Å²) in [5, 5.41) is 0. The lowest BCUT2D eigenvalue weighted by Gasteiger charge is -2.24. The van der Waals surface area contributed by atoms with Gasteiger partial charge in [-0.1, -0.05) is 12.1 Å². The number of nitrogens with two attached hydrogens (primary N) is 1. The summed E-state index contributed by atoms with van der Waals surface area (Å²) in [7, 11) is 0. The molecule has 0 aliphatic carbocycles. The van der Waals surface area contributed by atoms with E-state index in [1.54, 1.807) is 0 Å². The number of pyridine rings is 1. The van der Waals surface area contributed by atoms with Crippen LogP contribution in [0.1, 0.15) is 17.7 Å². The minimum absolute atomic E-state index is 0.0898. The van der Waals surface area contributed by atoms with Gasteiger partial charge in [0.15, 0.2) is 6.61 Å². The van der Waals surface area contributed by atoms with E-state index in [1.807, 2.05) is 31.3 Å². The van der Waals surface area contributed by atoms with Crippen molar-refractivity contribution in [2.45, 2.75) is 19.9 Å². The van der Waals surface area contributed by atoms with Gasteiger partial charge in [-0.2, -0.15) is 0 Å². The zero-order valence-electron chi connectivity index (χ0n) is 15.2. The molecule has 0 atom stereocenters. The second kappa shape index (κ2) is 8.67. The lowest BCUT2D eigenvalue weighted by molar-refractivity contribution is -0.119. The van der Waals surface area contributed by atoms with Gasteiger partial charge in [0.2, 0.25) is 0 Å². The SMILES string of the molecule is Cc1cc(N2CCCN(Cc3cccc(OCC(N)=O)c3)CC2)ccn1. The third-order valence-electron chi connectivity index (χ3n) is 4.52. The van der Waals surface area contributed by atoms with Gasteiger partial charge in [0.25, 0.3) is 5.91 Å². The van der Waals surface area contributed by atoms with Gasteiger partial charge in [-0.15, -0.1) is 0 Å². The van der Waals surface area contributed by atoms with Gasteiger partial charge in [-0.3, -0.25) is 14.7 Å². The normalized spacial score (nSPS) is 15.5. The molecule has 2 N–H and O–H groups in total. The monoisotopic (exact) mass is 354 g/mol. The zero-order chi connectivity index (χ0) is 18.4. The molecule has 0 unspecified atom stereocenters. The van der Waals surface area contributed by atoms with E-state index in [9.17, 15) is 4.79 Å². The van der Waals surface area contributed by atoms with Crippen molar-refractivity contribution in [3.63, 3.8) is 0 Å². The molecule has 138 valence electrons. The Morgan fingerprint density at radius 2 is 2.08 bits per heavy atom. The molecule has 0 spiro atoms. The lowest BCUT2D eigenvalue weighted by Crippen LogP contribution is -2.30. The number of benzene rings is 1. The van der Waals surface area contributed by atoms with Crippen molar-refractivity contribution in [3.05, 3.63) is 53.9 Å². The Bertz CT molecular complexity index is 750. The third kappa shape index (κ3) is 5.20. The number of aryl methyl sites for hydroxylation is 1. The molecule has 3 rings (SSSR count). The molecule has 1 saturated heterocycles. The number of hydrogen-bond acceptors (Lipinski definition) is 5. The summed E-state index contributed by atoms with van der Waals surface area (Å²) in [5.74, 6) is 0.222. The van der Waals surface area contributed by atoms with Crippen LogP contribution in [0.15, 0.2) is 42.6 Å². The molecule has 26 heavy (non-hydrogen) atoms. The van der Waals surface area contributed by atoms with E-state index in [2.05, 4.69) is 33.0 Å². The Balaban J connectivity index is 1.58. The maximum atomic E-state index is 10.9. The molecule has 2 heterocycles. The van der Waals surface area contributed by atoms with E-state index in [-0.39, 0.29) is 6.61 Å². The molecule has 0 saturated carbocycles. The highest BCUT2D eigenvalue weighted by atomic mass is 16.5. The number of nitrogens with zero attached hydrogens (tertiary/aromatic N) is 3. The molecule has 0 bridgehead atoms. The lowest BCUT2D eigenvalue weighted by atomic mass is 10.2. The molecule has 1 aliphatic rings. The summed E-state index contributed by atoms with van der Waals surface area (Å²) in [6.07, 6.45) is 3.00. The Morgan fingerprint density at radius 3 is 2.88 bits per heavy atom. The van der Waals surface area contributed by atoms with Gasteiger partial charge in [0.05, 0.1) is 0 Å².